The number of alkyl carbamates (subject to hydrolysis) is 1. The van der Waals surface area contributed by atoms with E-state index in [0.717, 1.165) is 101 Å². The van der Waals surface area contributed by atoms with Gasteiger partial charge in [0.2, 0.25) is 11.8 Å². The molecule has 6 aromatic heterocycles. The Labute approximate surface area is 720 Å². The Morgan fingerprint density at radius 3 is 0.917 bits per heavy atom. The van der Waals surface area contributed by atoms with Crippen molar-refractivity contribution in [3.63, 3.8) is 0 Å². The normalized spacial score (nSPS) is 18.1. The summed E-state index contributed by atoms with van der Waals surface area (Å²) in [5, 5.41) is 11.1. The number of rotatable bonds is 12. The van der Waals surface area contributed by atoms with Crippen LogP contribution in [0.5, 0.6) is 0 Å². The average Bonchev–Trinajstić information content (AvgIpc) is 1.63. The number of hydrogen-bond donors (Lipinski definition) is 3. The van der Waals surface area contributed by atoms with Crippen molar-refractivity contribution in [1.82, 2.24) is 89.0 Å². The molecule has 3 aliphatic carbocycles. The number of aryl methyl sites for hydroxylation is 3. The second kappa shape index (κ2) is 37.0. The summed E-state index contributed by atoms with van der Waals surface area (Å²) in [6.45, 7) is 27.0. The van der Waals surface area contributed by atoms with E-state index in [2.05, 4.69) is 63.8 Å². The summed E-state index contributed by atoms with van der Waals surface area (Å²) in [6, 6.07) is 27.5. The number of carbonyl (C=O) groups excluding carboxylic acids is 6. The number of nitrogens with one attached hydrogen (secondary N) is 3. The molecule has 0 radical (unpaired) electrons. The molecule has 3 unspecified atom stereocenters. The molecular weight excluding hydrogens is 1600 g/mol. The minimum Gasteiger partial charge on any atom is -0.453 e. The fraction of sp³-hybridized carbons (Fsp3) is 0.400. The van der Waals surface area contributed by atoms with E-state index < -0.39 is 41.0 Å². The highest BCUT2D eigenvalue weighted by Crippen LogP contribution is 2.49. The molecule has 0 spiro atoms. The Morgan fingerprint density at radius 1 is 0.405 bits per heavy atom. The lowest BCUT2D eigenvalue weighted by molar-refractivity contribution is -0.120. The first-order chi connectivity index (χ1) is 57.6. The van der Waals surface area contributed by atoms with E-state index in [9.17, 15) is 28.8 Å². The smallest absolute Gasteiger partial charge is 0.410 e. The van der Waals surface area contributed by atoms with Gasteiger partial charge in [0, 0.05) is 147 Å². The Hall–Kier alpha value is -11.3. The summed E-state index contributed by atoms with van der Waals surface area (Å²) in [5.74, 6) is -0.303. The van der Waals surface area contributed by atoms with Crippen LogP contribution in [0.3, 0.4) is 0 Å². The molecule has 3 aromatic carbocycles. The van der Waals surface area contributed by atoms with Crippen LogP contribution < -0.4 is 16.0 Å². The molecule has 15 rings (SSSR count). The molecular formula is C90H105Cl3N18O10. The van der Waals surface area contributed by atoms with Crippen molar-refractivity contribution < 1.29 is 47.7 Å². The first kappa shape index (κ1) is 87.5. The molecule has 6 amide bonds. The molecule has 0 saturated carbocycles. The summed E-state index contributed by atoms with van der Waals surface area (Å²) in [7, 11) is 7.05. The van der Waals surface area contributed by atoms with E-state index in [1.807, 2.05) is 201 Å². The van der Waals surface area contributed by atoms with Crippen LogP contribution in [0, 0.1) is 0 Å². The van der Waals surface area contributed by atoms with Crippen molar-refractivity contribution in [2.45, 2.75) is 129 Å². The Bertz CT molecular complexity index is 5200. The average molecular weight is 1710 g/mol. The fourth-order valence-electron chi connectivity index (χ4n) is 16.3. The second-order valence-electron chi connectivity index (χ2n) is 33.8. The lowest BCUT2D eigenvalue weighted by atomic mass is 9.89. The van der Waals surface area contributed by atoms with Gasteiger partial charge in [-0.25, -0.2) is 34.1 Å². The molecule has 3 saturated heterocycles. The molecule has 28 nitrogen and oxygen atoms in total. The molecule has 6 aliphatic rings. The van der Waals surface area contributed by atoms with Crippen molar-refractivity contribution in [3.8, 4) is 0 Å². The Morgan fingerprint density at radius 2 is 0.678 bits per heavy atom. The summed E-state index contributed by atoms with van der Waals surface area (Å²) >= 11 is 19.8. The third-order valence-corrected chi connectivity index (χ3v) is 22.4. The van der Waals surface area contributed by atoms with Crippen LogP contribution in [0.4, 0.5) is 19.2 Å². The Kier molecular flexibility index (Phi) is 26.8. The van der Waals surface area contributed by atoms with Crippen LogP contribution in [-0.2, 0) is 49.7 Å². The molecule has 3 fully saturated rings. The maximum atomic E-state index is 12.8. The molecule has 9 heterocycles. The van der Waals surface area contributed by atoms with Gasteiger partial charge in [-0.2, -0.15) is 0 Å². The van der Waals surface area contributed by atoms with Gasteiger partial charge in [0.1, 0.15) is 16.8 Å². The first-order valence-electron chi connectivity index (χ1n) is 40.4. The number of hydrogen-bond acceptors (Lipinski definition) is 19. The number of carbonyl (C=O) groups is 6. The standard InChI is InChI=1S/C30H35ClN6O4.2C30H35ClN6O3/c1-30(2,3)41-29(39)37-13-11-36(12-14-37)27-21-9-8-20(31)16-22(21)23(15-19-7-6-10-33-25(19)27)26(34-28(38)40-5)24-17-32-18-35(24)4;2*1-19(38)34-27(25-17-32-18-35(25)5)24-15-20-7-6-10-33-26(20)28(22-9-8-21(31)16-23(22)24)36-11-13-37(14-12-36)29(39)40-30(2,3)4/h6-10,15-18,26-27H,11-14H2,1-5H3,(H,34,38);2*6-10,15-18,27-28H,11-14H2,1-5H3,(H,34,38)/t26?,27-;2*27?,28-/m000/s1. The van der Waals surface area contributed by atoms with Crippen LogP contribution in [-0.4, -0.2) is 212 Å². The zero-order valence-electron chi connectivity index (χ0n) is 71.0. The van der Waals surface area contributed by atoms with Crippen LogP contribution >= 0.6 is 34.8 Å². The van der Waals surface area contributed by atoms with Crippen molar-refractivity contribution in [1.29, 1.82) is 0 Å². The molecule has 121 heavy (non-hydrogen) atoms. The minimum atomic E-state index is -0.581. The number of imidazole rings is 3. The lowest BCUT2D eigenvalue weighted by Crippen LogP contribution is -2.51. The molecule has 636 valence electrons. The highest BCUT2D eigenvalue weighted by Gasteiger charge is 2.42. The van der Waals surface area contributed by atoms with Gasteiger partial charge < -0.3 is 63.3 Å². The number of piperazine rings is 3. The molecule has 3 N–H and O–H groups in total. The van der Waals surface area contributed by atoms with Gasteiger partial charge in [-0.1, -0.05) is 71.2 Å². The predicted molar refractivity (Wildman–Crippen MR) is 465 cm³/mol. The highest BCUT2D eigenvalue weighted by atomic mass is 35.5. The zero-order valence-corrected chi connectivity index (χ0v) is 73.2. The topological polar surface area (TPSA) is 287 Å². The largest absolute Gasteiger partial charge is 0.453 e. The zero-order chi connectivity index (χ0) is 86.5. The third kappa shape index (κ3) is 20.5. The minimum absolute atomic E-state index is 0.152. The van der Waals surface area contributed by atoms with Crippen LogP contribution in [0.25, 0.3) is 34.9 Å². The summed E-state index contributed by atoms with van der Waals surface area (Å²) in [6.07, 6.45) is 20.6. The maximum Gasteiger partial charge on any atom is 0.410 e. The van der Waals surface area contributed by atoms with Gasteiger partial charge in [0.25, 0.3) is 0 Å². The van der Waals surface area contributed by atoms with Gasteiger partial charge in [-0.05, 0) is 202 Å². The van der Waals surface area contributed by atoms with Crippen molar-refractivity contribution in [2.75, 3.05) is 85.6 Å². The second-order valence-corrected chi connectivity index (χ2v) is 35.1. The van der Waals surface area contributed by atoms with Crippen molar-refractivity contribution >= 4 is 106 Å². The number of pyridine rings is 3. The number of aromatic nitrogens is 9. The lowest BCUT2D eigenvalue weighted by Gasteiger charge is -2.40. The van der Waals surface area contributed by atoms with Gasteiger partial charge >= 0.3 is 24.4 Å². The summed E-state index contributed by atoms with van der Waals surface area (Å²) in [5.41, 5.74) is 14.9. The number of ether oxygens (including phenoxy) is 4. The van der Waals surface area contributed by atoms with Crippen molar-refractivity contribution in [3.05, 3.63) is 246 Å². The van der Waals surface area contributed by atoms with E-state index in [0.29, 0.717) is 93.6 Å². The Balaban J connectivity index is 0.000000157. The monoisotopic (exact) mass is 1700 g/mol. The molecule has 3 aliphatic heterocycles. The van der Waals surface area contributed by atoms with Crippen LogP contribution in [0.2, 0.25) is 15.1 Å². The number of nitrogens with zero attached hydrogens (tertiary/aromatic N) is 15. The number of halogens is 3. The van der Waals surface area contributed by atoms with Crippen molar-refractivity contribution in [2.24, 2.45) is 21.1 Å². The number of fused-ring (bicyclic) bond motifs is 6. The molecule has 31 heteroatoms. The van der Waals surface area contributed by atoms with Gasteiger partial charge in [-0.15, -0.1) is 0 Å². The third-order valence-electron chi connectivity index (χ3n) is 21.7. The first-order valence-corrected chi connectivity index (χ1v) is 41.5. The molecule has 0 bridgehead atoms. The number of amides is 6. The summed E-state index contributed by atoms with van der Waals surface area (Å²) < 4.78 is 27.5. The highest BCUT2D eigenvalue weighted by molar-refractivity contribution is 6.31. The van der Waals surface area contributed by atoms with E-state index in [-0.39, 0.29) is 48.2 Å². The number of benzene rings is 3. The van der Waals surface area contributed by atoms with Gasteiger partial charge in [0.15, 0.2) is 0 Å². The predicted octanol–water partition coefficient (Wildman–Crippen LogP) is 14.7. The fourth-order valence-corrected chi connectivity index (χ4v) is 16.8. The SMILES string of the molecule is CC(=O)NC(C1=Cc2cccnc2[C@@H](N2CCN(C(=O)OC(C)(C)C)CC2)c2ccc(Cl)cc21)c1cncn1C.CC(=O)NC(C1=Cc2cccnc2[C@@H](N2CCN(C(=O)OC(C)(C)C)CC2)c2ccc(Cl)cc21)c1cncn1C.COC(=O)NC(C1=Cc2cccnc2[C@@H](N2CCN(C(=O)OC(C)(C)C)CC2)c2ccc(Cl)cc21)c1cncn1C. The van der Waals surface area contributed by atoms with E-state index in [4.69, 9.17) is 68.7 Å². The van der Waals surface area contributed by atoms with Gasteiger partial charge in [0.05, 0.1) is 115 Å². The van der Waals surface area contributed by atoms with Gasteiger partial charge in [-0.3, -0.25) is 39.2 Å². The molecule has 9 aromatic rings. The van der Waals surface area contributed by atoms with Crippen LogP contribution in [0.15, 0.2) is 147 Å². The molecule has 6 atom stereocenters. The van der Waals surface area contributed by atoms with E-state index in [1.54, 1.807) is 58.5 Å². The van der Waals surface area contributed by atoms with Crippen LogP contribution in [0.1, 0.15) is 197 Å². The number of methoxy groups -OCH3 is 1. The maximum absolute atomic E-state index is 12.8. The van der Waals surface area contributed by atoms with E-state index >= 15 is 0 Å². The quantitative estimate of drug-likeness (QED) is 0.0958. The summed E-state index contributed by atoms with van der Waals surface area (Å²) in [4.78, 5) is 116. The van der Waals surface area contributed by atoms with E-state index in [1.165, 1.54) is 21.0 Å².